The summed E-state index contributed by atoms with van der Waals surface area (Å²) >= 11 is 9.54. The smallest absolute Gasteiger partial charge is 0.129 e. The van der Waals surface area contributed by atoms with Gasteiger partial charge in [-0.3, -0.25) is 0 Å². The zero-order valence-electron chi connectivity index (χ0n) is 12.8. The van der Waals surface area contributed by atoms with Crippen LogP contribution in [0.2, 0.25) is 24.7 Å². The second-order valence-electron chi connectivity index (χ2n) is 5.95. The zero-order valence-corrected chi connectivity index (χ0v) is 16.2. The molecule has 0 N–H and O–H groups in total. The molecule has 0 aromatic heterocycles. The van der Waals surface area contributed by atoms with Crippen LogP contribution in [0.1, 0.15) is 5.56 Å². The molecule has 0 saturated carbocycles. The molecule has 0 spiro atoms. The van der Waals surface area contributed by atoms with E-state index in [1.54, 1.807) is 0 Å². The lowest BCUT2D eigenvalue weighted by atomic mass is 10.1. The summed E-state index contributed by atoms with van der Waals surface area (Å²) < 4.78 is 1.03. The van der Waals surface area contributed by atoms with E-state index in [0.29, 0.717) is 5.02 Å². The molecule has 0 heterocycles. The summed E-state index contributed by atoms with van der Waals surface area (Å²) in [6.07, 6.45) is 0. The number of hydrogen-bond donors (Lipinski definition) is 0. The van der Waals surface area contributed by atoms with E-state index in [9.17, 15) is 0 Å². The molecule has 2 aromatic rings. The van der Waals surface area contributed by atoms with Crippen LogP contribution in [0, 0.1) is 11.5 Å². The van der Waals surface area contributed by atoms with E-state index in [1.807, 2.05) is 48.5 Å². The van der Waals surface area contributed by atoms with Crippen molar-refractivity contribution in [2.24, 2.45) is 4.99 Å². The van der Waals surface area contributed by atoms with Crippen LogP contribution < -0.4 is 0 Å². The third-order valence-electron chi connectivity index (χ3n) is 2.72. The van der Waals surface area contributed by atoms with Gasteiger partial charge in [-0.2, -0.15) is 0 Å². The maximum atomic E-state index is 6.10. The molecule has 0 saturated heterocycles. The molecule has 2 aromatic carbocycles. The van der Waals surface area contributed by atoms with E-state index in [1.165, 1.54) is 0 Å². The fraction of sp³-hybridized carbons (Fsp3) is 0.167. The highest BCUT2D eigenvalue weighted by Crippen LogP contribution is 2.19. The highest BCUT2D eigenvalue weighted by Gasteiger charge is 2.09. The molecule has 112 valence electrons. The van der Waals surface area contributed by atoms with Gasteiger partial charge in [0.15, 0.2) is 0 Å². The summed E-state index contributed by atoms with van der Waals surface area (Å²) in [6, 6.07) is 15.5. The molecule has 0 aliphatic heterocycles. The Morgan fingerprint density at radius 1 is 1.09 bits per heavy atom. The van der Waals surface area contributed by atoms with Crippen molar-refractivity contribution in [2.75, 3.05) is 0 Å². The maximum absolute atomic E-state index is 6.10. The van der Waals surface area contributed by atoms with E-state index < -0.39 is 8.07 Å². The Kier molecular flexibility index (Phi) is 5.63. The number of aliphatic imine (C=N–C) groups is 1. The number of nitrogens with zero attached hydrogens (tertiary/aromatic N) is 1. The molecule has 0 radical (unpaired) electrons. The molecule has 0 bridgehead atoms. The number of halogens is 2. The Labute approximate surface area is 146 Å². The first kappa shape index (κ1) is 17.0. The van der Waals surface area contributed by atoms with Crippen molar-refractivity contribution in [3.05, 3.63) is 63.6 Å². The molecular formula is C18H17BrClNSi. The molecular weight excluding hydrogens is 374 g/mol. The summed E-state index contributed by atoms with van der Waals surface area (Å²) in [5, 5.41) is 0.691. The lowest BCUT2D eigenvalue weighted by molar-refractivity contribution is 1.49. The predicted octanol–water partition coefficient (Wildman–Crippen LogP) is 6.10. The van der Waals surface area contributed by atoms with Gasteiger partial charge < -0.3 is 0 Å². The second kappa shape index (κ2) is 7.28. The normalized spacial score (nSPS) is 11.8. The number of benzene rings is 2. The van der Waals surface area contributed by atoms with Crippen LogP contribution in [-0.2, 0) is 0 Å². The molecule has 0 aliphatic rings. The van der Waals surface area contributed by atoms with Crippen molar-refractivity contribution in [3.8, 4) is 11.5 Å². The number of rotatable bonds is 2. The van der Waals surface area contributed by atoms with Crippen LogP contribution >= 0.6 is 27.5 Å². The SMILES string of the molecule is C[Si](C)(C)C#CC(=Nc1ccc(Br)cc1)c1cccc(Cl)c1. The van der Waals surface area contributed by atoms with Crippen molar-refractivity contribution < 1.29 is 0 Å². The summed E-state index contributed by atoms with van der Waals surface area (Å²) in [5.74, 6) is 3.26. The molecule has 2 rings (SSSR count). The van der Waals surface area contributed by atoms with Gasteiger partial charge in [0.25, 0.3) is 0 Å². The van der Waals surface area contributed by atoms with Gasteiger partial charge in [-0.1, -0.05) is 65.2 Å². The first-order valence-electron chi connectivity index (χ1n) is 6.97. The van der Waals surface area contributed by atoms with Crippen LogP contribution in [0.15, 0.2) is 58.0 Å². The highest BCUT2D eigenvalue weighted by molar-refractivity contribution is 9.10. The van der Waals surface area contributed by atoms with E-state index in [4.69, 9.17) is 16.6 Å². The Balaban J connectivity index is 2.49. The van der Waals surface area contributed by atoms with Crippen molar-refractivity contribution >= 4 is 47.0 Å². The van der Waals surface area contributed by atoms with E-state index >= 15 is 0 Å². The standard InChI is InChI=1S/C18H17BrClNSi/c1-22(2,3)12-11-18(14-5-4-6-16(20)13-14)21-17-9-7-15(19)8-10-17/h4-10,13H,1-3H3. The van der Waals surface area contributed by atoms with Crippen molar-refractivity contribution in [2.45, 2.75) is 19.6 Å². The van der Waals surface area contributed by atoms with Gasteiger partial charge in [-0.05, 0) is 36.4 Å². The lowest BCUT2D eigenvalue weighted by Gasteiger charge is -2.05. The minimum atomic E-state index is -1.48. The minimum absolute atomic E-state index is 0.691. The van der Waals surface area contributed by atoms with Gasteiger partial charge in [0.1, 0.15) is 13.8 Å². The van der Waals surface area contributed by atoms with Crippen LogP contribution in [0.25, 0.3) is 0 Å². The first-order valence-corrected chi connectivity index (χ1v) is 11.6. The number of hydrogen-bond acceptors (Lipinski definition) is 1. The Morgan fingerprint density at radius 2 is 1.77 bits per heavy atom. The molecule has 0 amide bonds. The molecule has 0 fully saturated rings. The van der Waals surface area contributed by atoms with Gasteiger partial charge in [-0.15, -0.1) is 5.54 Å². The summed E-state index contributed by atoms with van der Waals surface area (Å²) in [4.78, 5) is 4.70. The van der Waals surface area contributed by atoms with Gasteiger partial charge in [0, 0.05) is 15.1 Å². The van der Waals surface area contributed by atoms with Gasteiger partial charge in [0.2, 0.25) is 0 Å². The van der Waals surface area contributed by atoms with E-state index in [2.05, 4.69) is 47.0 Å². The third-order valence-corrected chi connectivity index (χ3v) is 4.36. The summed E-state index contributed by atoms with van der Waals surface area (Å²) in [6.45, 7) is 6.65. The monoisotopic (exact) mass is 389 g/mol. The Morgan fingerprint density at radius 3 is 2.36 bits per heavy atom. The van der Waals surface area contributed by atoms with Crippen LogP contribution in [-0.4, -0.2) is 13.8 Å². The molecule has 0 aliphatic carbocycles. The molecule has 0 unspecified atom stereocenters. The van der Waals surface area contributed by atoms with Crippen molar-refractivity contribution in [3.63, 3.8) is 0 Å². The summed E-state index contributed by atoms with van der Waals surface area (Å²) in [5.41, 5.74) is 5.96. The van der Waals surface area contributed by atoms with Crippen LogP contribution in [0.5, 0.6) is 0 Å². The topological polar surface area (TPSA) is 12.4 Å². The molecule has 1 nitrogen and oxygen atoms in total. The maximum Gasteiger partial charge on any atom is 0.129 e. The average Bonchev–Trinajstić information content (AvgIpc) is 2.44. The Hall–Kier alpha value is -1.34. The first-order chi connectivity index (χ1) is 10.3. The molecule has 22 heavy (non-hydrogen) atoms. The average molecular weight is 391 g/mol. The van der Waals surface area contributed by atoms with Crippen molar-refractivity contribution in [1.82, 2.24) is 0 Å². The third kappa shape index (κ3) is 5.45. The quantitative estimate of drug-likeness (QED) is 0.333. The minimum Gasteiger partial charge on any atom is -0.239 e. The van der Waals surface area contributed by atoms with Crippen LogP contribution in [0.4, 0.5) is 5.69 Å². The predicted molar refractivity (Wildman–Crippen MR) is 103 cm³/mol. The van der Waals surface area contributed by atoms with Gasteiger partial charge in [-0.25, -0.2) is 4.99 Å². The highest BCUT2D eigenvalue weighted by atomic mass is 79.9. The summed E-state index contributed by atoms with van der Waals surface area (Å²) in [7, 11) is -1.48. The van der Waals surface area contributed by atoms with Crippen molar-refractivity contribution in [1.29, 1.82) is 0 Å². The van der Waals surface area contributed by atoms with E-state index in [0.717, 1.165) is 21.4 Å². The van der Waals surface area contributed by atoms with E-state index in [-0.39, 0.29) is 0 Å². The van der Waals surface area contributed by atoms with Gasteiger partial charge in [0.05, 0.1) is 5.69 Å². The second-order valence-corrected chi connectivity index (χ2v) is 12.0. The molecule has 0 atom stereocenters. The molecule has 4 heteroatoms. The largest absolute Gasteiger partial charge is 0.239 e. The Bertz CT molecular complexity index is 749. The van der Waals surface area contributed by atoms with Gasteiger partial charge >= 0.3 is 0 Å². The van der Waals surface area contributed by atoms with Crippen LogP contribution in [0.3, 0.4) is 0 Å². The fourth-order valence-electron chi connectivity index (χ4n) is 1.69. The lowest BCUT2D eigenvalue weighted by Crippen LogP contribution is -2.17. The zero-order chi connectivity index (χ0) is 16.2. The fourth-order valence-corrected chi connectivity index (χ4v) is 2.64.